The van der Waals surface area contributed by atoms with Gasteiger partial charge in [0, 0.05) is 23.7 Å². The van der Waals surface area contributed by atoms with E-state index in [4.69, 9.17) is 39.5 Å². The quantitative estimate of drug-likeness (QED) is 0.464. The van der Waals surface area contributed by atoms with Crippen molar-refractivity contribution >= 4 is 40.9 Å². The Labute approximate surface area is 201 Å². The molecule has 3 aromatic rings. The number of likely N-dealkylation sites (tertiary alicyclic amines) is 1. The van der Waals surface area contributed by atoms with Gasteiger partial charge in [-0.25, -0.2) is 4.79 Å². The molecular formula is C22H22Cl3N5O2. The van der Waals surface area contributed by atoms with Gasteiger partial charge in [-0.2, -0.15) is 4.80 Å². The second-order valence-electron chi connectivity index (χ2n) is 7.75. The number of rotatable bonds is 6. The van der Waals surface area contributed by atoms with E-state index >= 15 is 0 Å². The molecule has 7 nitrogen and oxygen atoms in total. The van der Waals surface area contributed by atoms with Crippen LogP contribution in [0.25, 0.3) is 0 Å². The standard InChI is InChI=1S/C22H22Cl3N5O2/c23-18-4-2-1-3-17(18)21(30-27-14-26-28-30)13-32-22(31)29-9-7-15(8-10-29)11-16-5-6-19(24)20(25)12-16/h1-6,12,14-15,21H,7-11,13H2. The Morgan fingerprint density at radius 2 is 1.84 bits per heavy atom. The predicted octanol–water partition coefficient (Wildman–Crippen LogP) is 5.31. The van der Waals surface area contributed by atoms with E-state index in [0.29, 0.717) is 34.1 Å². The van der Waals surface area contributed by atoms with Crippen LogP contribution in [0.5, 0.6) is 0 Å². The van der Waals surface area contributed by atoms with Crippen molar-refractivity contribution in [3.8, 4) is 0 Å². The van der Waals surface area contributed by atoms with Crippen molar-refractivity contribution in [3.05, 3.63) is 75.0 Å². The molecule has 1 aromatic heterocycles. The number of carbonyl (C=O) groups excluding carboxylic acids is 1. The lowest BCUT2D eigenvalue weighted by Gasteiger charge is -2.31. The fraction of sp³-hybridized carbons (Fsp3) is 0.364. The van der Waals surface area contributed by atoms with Crippen LogP contribution >= 0.6 is 34.8 Å². The van der Waals surface area contributed by atoms with E-state index in [1.807, 2.05) is 36.4 Å². The Morgan fingerprint density at radius 1 is 1.06 bits per heavy atom. The van der Waals surface area contributed by atoms with Crippen LogP contribution < -0.4 is 0 Å². The van der Waals surface area contributed by atoms with Gasteiger partial charge in [0.2, 0.25) is 0 Å². The van der Waals surface area contributed by atoms with Crippen LogP contribution in [-0.2, 0) is 11.2 Å². The number of hydrogen-bond donors (Lipinski definition) is 0. The molecule has 0 radical (unpaired) electrons. The average Bonchev–Trinajstić information content (AvgIpc) is 3.33. The Bertz CT molecular complexity index is 1060. The van der Waals surface area contributed by atoms with Crippen LogP contribution in [-0.4, -0.2) is 50.9 Å². The summed E-state index contributed by atoms with van der Waals surface area (Å²) in [6.45, 7) is 1.34. The fourth-order valence-electron chi connectivity index (χ4n) is 3.91. The maximum Gasteiger partial charge on any atom is 0.409 e. The van der Waals surface area contributed by atoms with Gasteiger partial charge in [0.05, 0.1) is 10.0 Å². The summed E-state index contributed by atoms with van der Waals surface area (Å²) in [4.78, 5) is 15.8. The molecule has 0 N–H and O–H groups in total. The topological polar surface area (TPSA) is 73.1 Å². The van der Waals surface area contributed by atoms with Gasteiger partial charge in [-0.3, -0.25) is 0 Å². The van der Waals surface area contributed by atoms with Crippen molar-refractivity contribution in [2.45, 2.75) is 25.3 Å². The number of tetrazole rings is 1. The number of nitrogens with zero attached hydrogens (tertiary/aromatic N) is 5. The molecule has 0 aliphatic carbocycles. The van der Waals surface area contributed by atoms with Gasteiger partial charge < -0.3 is 9.64 Å². The number of ether oxygens (including phenoxy) is 1. The van der Waals surface area contributed by atoms with E-state index in [1.165, 1.54) is 11.1 Å². The highest BCUT2D eigenvalue weighted by atomic mass is 35.5. The molecule has 168 valence electrons. The molecule has 2 aromatic carbocycles. The second-order valence-corrected chi connectivity index (χ2v) is 8.98. The summed E-state index contributed by atoms with van der Waals surface area (Å²) in [6.07, 6.45) is 3.69. The van der Waals surface area contributed by atoms with Crippen molar-refractivity contribution in [1.82, 2.24) is 25.1 Å². The van der Waals surface area contributed by atoms with Crippen molar-refractivity contribution < 1.29 is 9.53 Å². The molecule has 0 bridgehead atoms. The number of hydrogen-bond acceptors (Lipinski definition) is 5. The zero-order chi connectivity index (χ0) is 22.5. The third-order valence-electron chi connectivity index (χ3n) is 5.65. The minimum atomic E-state index is -0.456. The number of aromatic nitrogens is 4. The highest BCUT2D eigenvalue weighted by molar-refractivity contribution is 6.42. The van der Waals surface area contributed by atoms with Crippen molar-refractivity contribution in [2.24, 2.45) is 5.92 Å². The average molecular weight is 495 g/mol. The lowest BCUT2D eigenvalue weighted by atomic mass is 9.90. The first kappa shape index (κ1) is 22.8. The first-order valence-electron chi connectivity index (χ1n) is 10.3. The van der Waals surface area contributed by atoms with Crippen molar-refractivity contribution in [2.75, 3.05) is 19.7 Å². The third-order valence-corrected chi connectivity index (χ3v) is 6.74. The van der Waals surface area contributed by atoms with Gasteiger partial charge in [-0.05, 0) is 54.2 Å². The zero-order valence-electron chi connectivity index (χ0n) is 17.2. The van der Waals surface area contributed by atoms with E-state index in [0.717, 1.165) is 30.4 Å². The van der Waals surface area contributed by atoms with Crippen molar-refractivity contribution in [3.63, 3.8) is 0 Å². The number of halogens is 3. The number of carbonyl (C=O) groups is 1. The minimum absolute atomic E-state index is 0.0577. The molecule has 32 heavy (non-hydrogen) atoms. The van der Waals surface area contributed by atoms with Crippen LogP contribution in [0.1, 0.15) is 30.0 Å². The van der Waals surface area contributed by atoms with Gasteiger partial charge >= 0.3 is 6.09 Å². The van der Waals surface area contributed by atoms with Gasteiger partial charge in [0.25, 0.3) is 0 Å². The highest BCUT2D eigenvalue weighted by Crippen LogP contribution is 2.28. The van der Waals surface area contributed by atoms with Crippen LogP contribution in [0.2, 0.25) is 15.1 Å². The first-order valence-corrected chi connectivity index (χ1v) is 11.5. The summed E-state index contributed by atoms with van der Waals surface area (Å²) in [5.74, 6) is 0.478. The van der Waals surface area contributed by atoms with E-state index < -0.39 is 6.04 Å². The summed E-state index contributed by atoms with van der Waals surface area (Å²) in [5.41, 5.74) is 1.92. The summed E-state index contributed by atoms with van der Waals surface area (Å²) in [5, 5.41) is 13.5. The van der Waals surface area contributed by atoms with E-state index in [9.17, 15) is 4.79 Å². The number of benzene rings is 2. The van der Waals surface area contributed by atoms with Crippen LogP contribution in [0.15, 0.2) is 48.8 Å². The molecule has 4 rings (SSSR count). The van der Waals surface area contributed by atoms with Gasteiger partial charge in [-0.1, -0.05) is 59.1 Å². The molecule has 0 saturated carbocycles. The molecule has 1 unspecified atom stereocenters. The Balaban J connectivity index is 1.32. The second kappa shape index (κ2) is 10.5. The molecule has 1 fully saturated rings. The summed E-state index contributed by atoms with van der Waals surface area (Å²) < 4.78 is 5.63. The minimum Gasteiger partial charge on any atom is -0.447 e. The molecule has 1 aliphatic heterocycles. The lowest BCUT2D eigenvalue weighted by molar-refractivity contribution is 0.0775. The third kappa shape index (κ3) is 5.52. The van der Waals surface area contributed by atoms with Crippen LogP contribution in [0, 0.1) is 5.92 Å². The first-order chi connectivity index (χ1) is 15.5. The molecule has 10 heteroatoms. The van der Waals surface area contributed by atoms with Crippen LogP contribution in [0.3, 0.4) is 0 Å². The van der Waals surface area contributed by atoms with E-state index in [-0.39, 0.29) is 12.7 Å². The van der Waals surface area contributed by atoms with Crippen molar-refractivity contribution in [1.29, 1.82) is 0 Å². The summed E-state index contributed by atoms with van der Waals surface area (Å²) >= 11 is 18.5. The molecule has 1 atom stereocenters. The van der Waals surface area contributed by atoms with Gasteiger partial charge in [-0.15, -0.1) is 10.2 Å². The Kier molecular flexibility index (Phi) is 7.50. The summed E-state index contributed by atoms with van der Waals surface area (Å²) in [7, 11) is 0. The van der Waals surface area contributed by atoms with Crippen LogP contribution in [0.4, 0.5) is 4.79 Å². The SMILES string of the molecule is O=C(OCC(c1ccccc1Cl)n1ncnn1)N1CCC(Cc2ccc(Cl)c(Cl)c2)CC1. The predicted molar refractivity (Wildman–Crippen MR) is 123 cm³/mol. The maximum absolute atomic E-state index is 12.7. The maximum atomic E-state index is 12.7. The monoisotopic (exact) mass is 493 g/mol. The molecule has 2 heterocycles. The smallest absolute Gasteiger partial charge is 0.409 e. The van der Waals surface area contributed by atoms with E-state index in [2.05, 4.69) is 15.4 Å². The highest BCUT2D eigenvalue weighted by Gasteiger charge is 2.26. The molecule has 1 aliphatic rings. The molecular weight excluding hydrogens is 473 g/mol. The fourth-order valence-corrected chi connectivity index (χ4v) is 4.49. The van der Waals surface area contributed by atoms with Gasteiger partial charge in [0.1, 0.15) is 12.6 Å². The number of piperidine rings is 1. The largest absolute Gasteiger partial charge is 0.447 e. The Hall–Kier alpha value is -2.35. The lowest BCUT2D eigenvalue weighted by Crippen LogP contribution is -2.40. The molecule has 0 spiro atoms. The molecule has 1 saturated heterocycles. The Morgan fingerprint density at radius 3 is 2.53 bits per heavy atom. The number of amides is 1. The van der Waals surface area contributed by atoms with E-state index in [1.54, 1.807) is 11.0 Å². The normalized spacial score (nSPS) is 15.5. The summed E-state index contributed by atoms with van der Waals surface area (Å²) in [6, 6.07) is 12.6. The van der Waals surface area contributed by atoms with Gasteiger partial charge in [0.15, 0.2) is 6.33 Å². The molecule has 1 amide bonds. The zero-order valence-corrected chi connectivity index (χ0v) is 19.5.